The number of hydrogen-bond acceptors (Lipinski definition) is 4. The Morgan fingerprint density at radius 3 is 2.04 bits per heavy atom. The molecule has 4 heteroatoms. The monoisotopic (exact) mass is 337 g/mol. The van der Waals surface area contributed by atoms with Crippen LogP contribution in [0.5, 0.6) is 11.5 Å². The summed E-state index contributed by atoms with van der Waals surface area (Å²) < 4.78 is 10.6. The maximum Gasteiger partial charge on any atom is 0.140 e. The standard InChI is InChI=1S/C21H23NO3/c1-24-17-8-3-14(4-9-17)21-19-12-7-16(13-20(19)23)22(21)15-5-10-18(25-2)11-6-15/h3-6,8-11,16,19,21H,7,12-13H2,1-2H3/t16-,19+,21-/m0/s1. The average molecular weight is 337 g/mol. The molecule has 2 bridgehead atoms. The lowest BCUT2D eigenvalue weighted by molar-refractivity contribution is -0.128. The molecule has 2 aromatic rings. The van der Waals surface area contributed by atoms with Gasteiger partial charge in [0.2, 0.25) is 0 Å². The number of ketones is 1. The van der Waals surface area contributed by atoms with Gasteiger partial charge in [-0.1, -0.05) is 12.1 Å². The molecule has 4 nitrogen and oxygen atoms in total. The molecule has 3 aliphatic rings. The number of hydrogen-bond donors (Lipinski definition) is 0. The Labute approximate surface area is 148 Å². The van der Waals surface area contributed by atoms with Gasteiger partial charge >= 0.3 is 0 Å². The number of piperidine rings is 2. The van der Waals surface area contributed by atoms with Crippen LogP contribution in [-0.4, -0.2) is 26.0 Å². The summed E-state index contributed by atoms with van der Waals surface area (Å²) in [6, 6.07) is 16.7. The van der Waals surface area contributed by atoms with E-state index in [1.165, 1.54) is 5.56 Å². The SMILES string of the molecule is COc1ccc([C@H]2[C@@H]3CC[C@@H](CC3=O)N2c2ccc(OC)cc2)cc1. The molecule has 25 heavy (non-hydrogen) atoms. The third-order valence-corrected chi connectivity index (χ3v) is 5.56. The fourth-order valence-electron chi connectivity index (χ4n) is 4.33. The number of carbonyl (C=O) groups excluding carboxylic acids is 1. The number of fused-ring (bicyclic) bond motifs is 3. The smallest absolute Gasteiger partial charge is 0.140 e. The summed E-state index contributed by atoms with van der Waals surface area (Å²) in [7, 11) is 3.35. The first-order chi connectivity index (χ1) is 12.2. The number of carbonyl (C=O) groups is 1. The molecular weight excluding hydrogens is 314 g/mol. The average Bonchev–Trinajstić information content (AvgIpc) is 2.68. The molecule has 0 unspecified atom stereocenters. The number of rotatable bonds is 4. The Morgan fingerprint density at radius 2 is 1.48 bits per heavy atom. The summed E-state index contributed by atoms with van der Waals surface area (Å²) in [5.74, 6) is 2.16. The second kappa shape index (κ2) is 6.43. The number of benzene rings is 2. The molecule has 2 saturated heterocycles. The van der Waals surface area contributed by atoms with Crippen molar-refractivity contribution in [3.8, 4) is 11.5 Å². The van der Waals surface area contributed by atoms with Gasteiger partial charge in [0, 0.05) is 24.1 Å². The summed E-state index contributed by atoms with van der Waals surface area (Å²) in [5, 5.41) is 0. The van der Waals surface area contributed by atoms with Gasteiger partial charge < -0.3 is 14.4 Å². The van der Waals surface area contributed by atoms with Crippen LogP contribution in [0.4, 0.5) is 5.69 Å². The van der Waals surface area contributed by atoms with Crippen LogP contribution < -0.4 is 14.4 Å². The molecule has 0 N–H and O–H groups in total. The Kier molecular flexibility index (Phi) is 4.12. The molecule has 130 valence electrons. The largest absolute Gasteiger partial charge is 0.497 e. The highest BCUT2D eigenvalue weighted by atomic mass is 16.5. The lowest BCUT2D eigenvalue weighted by Gasteiger charge is -2.52. The Bertz CT molecular complexity index is 754. The van der Waals surface area contributed by atoms with Gasteiger partial charge in [0.05, 0.1) is 20.3 Å². The molecule has 0 spiro atoms. The van der Waals surface area contributed by atoms with E-state index >= 15 is 0 Å². The van der Waals surface area contributed by atoms with E-state index in [-0.39, 0.29) is 18.0 Å². The molecule has 2 aromatic carbocycles. The minimum atomic E-state index is 0.0699. The van der Waals surface area contributed by atoms with Crippen LogP contribution in [0.15, 0.2) is 48.5 Å². The molecule has 3 atom stereocenters. The van der Waals surface area contributed by atoms with Gasteiger partial charge in [-0.25, -0.2) is 0 Å². The van der Waals surface area contributed by atoms with Crippen molar-refractivity contribution in [1.29, 1.82) is 0 Å². The lowest BCUT2D eigenvalue weighted by atomic mass is 9.71. The number of ether oxygens (including phenoxy) is 2. The molecular formula is C21H23NO3. The first-order valence-electron chi connectivity index (χ1n) is 8.80. The zero-order valence-corrected chi connectivity index (χ0v) is 14.6. The lowest BCUT2D eigenvalue weighted by Crippen LogP contribution is -2.54. The van der Waals surface area contributed by atoms with E-state index in [9.17, 15) is 4.79 Å². The van der Waals surface area contributed by atoms with Crippen molar-refractivity contribution < 1.29 is 14.3 Å². The fraction of sp³-hybridized carbons (Fsp3) is 0.381. The van der Waals surface area contributed by atoms with Crippen molar-refractivity contribution in [3.63, 3.8) is 0 Å². The van der Waals surface area contributed by atoms with Crippen LogP contribution in [0.1, 0.15) is 30.9 Å². The molecule has 2 heterocycles. The summed E-state index contributed by atoms with van der Waals surface area (Å²) in [5.41, 5.74) is 2.34. The third-order valence-electron chi connectivity index (χ3n) is 5.56. The quantitative estimate of drug-likeness (QED) is 0.845. The van der Waals surface area contributed by atoms with Crippen molar-refractivity contribution in [3.05, 3.63) is 54.1 Å². The summed E-state index contributed by atoms with van der Waals surface area (Å²) in [6.45, 7) is 0. The zero-order valence-electron chi connectivity index (χ0n) is 14.6. The molecule has 0 radical (unpaired) electrons. The van der Waals surface area contributed by atoms with Gasteiger partial charge in [0.25, 0.3) is 0 Å². The van der Waals surface area contributed by atoms with Gasteiger partial charge in [-0.15, -0.1) is 0 Å². The number of nitrogens with zero attached hydrogens (tertiary/aromatic N) is 1. The van der Waals surface area contributed by atoms with E-state index in [2.05, 4.69) is 29.2 Å². The van der Waals surface area contributed by atoms with E-state index in [0.717, 1.165) is 30.0 Å². The van der Waals surface area contributed by atoms with E-state index in [1.54, 1.807) is 14.2 Å². The molecule has 0 aromatic heterocycles. The summed E-state index contributed by atoms with van der Waals surface area (Å²) in [6.07, 6.45) is 2.71. The van der Waals surface area contributed by atoms with E-state index in [4.69, 9.17) is 9.47 Å². The Morgan fingerprint density at radius 1 is 0.880 bits per heavy atom. The van der Waals surface area contributed by atoms with Gasteiger partial charge in [-0.2, -0.15) is 0 Å². The van der Waals surface area contributed by atoms with Crippen LogP contribution in [-0.2, 0) is 4.79 Å². The van der Waals surface area contributed by atoms with Crippen LogP contribution in [0, 0.1) is 5.92 Å². The predicted octanol–water partition coefficient (Wildman–Crippen LogP) is 4.00. The van der Waals surface area contributed by atoms with Crippen molar-refractivity contribution >= 4 is 11.5 Å². The summed E-state index contributed by atoms with van der Waals surface area (Å²) in [4.78, 5) is 15.0. The molecule has 5 rings (SSSR count). The highest BCUT2D eigenvalue weighted by molar-refractivity contribution is 5.86. The van der Waals surface area contributed by atoms with E-state index < -0.39 is 0 Å². The number of methoxy groups -OCH3 is 2. The van der Waals surface area contributed by atoms with Crippen LogP contribution in [0.25, 0.3) is 0 Å². The molecule has 0 amide bonds. The first kappa shape index (κ1) is 16.0. The van der Waals surface area contributed by atoms with Crippen molar-refractivity contribution in [1.82, 2.24) is 0 Å². The van der Waals surface area contributed by atoms with Crippen LogP contribution in [0.2, 0.25) is 0 Å². The van der Waals surface area contributed by atoms with E-state index in [1.807, 2.05) is 24.3 Å². The highest BCUT2D eigenvalue weighted by Crippen LogP contribution is 2.48. The van der Waals surface area contributed by atoms with E-state index in [0.29, 0.717) is 12.2 Å². The maximum atomic E-state index is 12.6. The second-order valence-electron chi connectivity index (χ2n) is 6.83. The first-order valence-corrected chi connectivity index (χ1v) is 8.80. The topological polar surface area (TPSA) is 38.8 Å². The Balaban J connectivity index is 1.74. The predicted molar refractivity (Wildman–Crippen MR) is 97.3 cm³/mol. The highest BCUT2D eigenvalue weighted by Gasteiger charge is 2.47. The van der Waals surface area contributed by atoms with Gasteiger partial charge in [-0.05, 0) is 54.8 Å². The third kappa shape index (κ3) is 2.76. The number of anilines is 1. The van der Waals surface area contributed by atoms with Crippen LogP contribution in [0.3, 0.4) is 0 Å². The van der Waals surface area contributed by atoms with Gasteiger partial charge in [0.15, 0.2) is 0 Å². The molecule has 1 saturated carbocycles. The Hall–Kier alpha value is -2.49. The fourth-order valence-corrected chi connectivity index (χ4v) is 4.33. The normalized spacial score (nSPS) is 25.1. The molecule has 2 aliphatic heterocycles. The van der Waals surface area contributed by atoms with Crippen LogP contribution >= 0.6 is 0 Å². The minimum Gasteiger partial charge on any atom is -0.497 e. The maximum absolute atomic E-state index is 12.6. The van der Waals surface area contributed by atoms with Crippen molar-refractivity contribution in [2.45, 2.75) is 31.3 Å². The summed E-state index contributed by atoms with van der Waals surface area (Å²) >= 11 is 0. The van der Waals surface area contributed by atoms with Crippen molar-refractivity contribution in [2.24, 2.45) is 5.92 Å². The van der Waals surface area contributed by atoms with Gasteiger partial charge in [-0.3, -0.25) is 4.79 Å². The molecule has 3 fully saturated rings. The van der Waals surface area contributed by atoms with Gasteiger partial charge in [0.1, 0.15) is 17.3 Å². The molecule has 1 aliphatic carbocycles. The minimum absolute atomic E-state index is 0.0699. The van der Waals surface area contributed by atoms with Crippen molar-refractivity contribution in [2.75, 3.05) is 19.1 Å². The number of Topliss-reactive ketones (excluding diaryl/α,β-unsaturated/α-hetero) is 1. The zero-order chi connectivity index (χ0) is 17.4. The second-order valence-corrected chi connectivity index (χ2v) is 6.83.